The number of unbranched alkanes of at least 4 members (excludes halogenated alkanes) is 1. The zero-order chi connectivity index (χ0) is 27.7. The van der Waals surface area contributed by atoms with E-state index in [9.17, 15) is 0 Å². The van der Waals surface area contributed by atoms with Gasteiger partial charge >= 0.3 is 0 Å². The van der Waals surface area contributed by atoms with Crippen molar-refractivity contribution >= 4 is 47.8 Å². The van der Waals surface area contributed by atoms with Crippen LogP contribution in [-0.4, -0.2) is 45.8 Å². The standard InChI is InChI=1S/C16H31N5.C9H9Br3.C2H8N2/c17-4-2-1-3-14-9-15(12-20-7-5-18)11-16(10-14)13-21-8-6-19;10-4-7-1-8(5-11)3-9(2-7)6-12;3-1-2-4/h9-11,20-21H,1-8,12-13,17-19H2;1-3H,4-6H2;1-4H2. The Morgan fingerprint density at radius 2 is 0.838 bits per heavy atom. The Morgan fingerprint density at radius 3 is 1.16 bits per heavy atom. The van der Waals surface area contributed by atoms with Gasteiger partial charge in [0.25, 0.3) is 0 Å². The molecule has 0 amide bonds. The van der Waals surface area contributed by atoms with Crippen molar-refractivity contribution in [1.82, 2.24) is 10.6 Å². The molecule has 2 aromatic rings. The lowest BCUT2D eigenvalue weighted by Gasteiger charge is -2.11. The van der Waals surface area contributed by atoms with E-state index in [2.05, 4.69) is 94.8 Å². The van der Waals surface area contributed by atoms with E-state index in [1.807, 2.05) is 0 Å². The summed E-state index contributed by atoms with van der Waals surface area (Å²) in [7, 11) is 0. The van der Waals surface area contributed by atoms with Gasteiger partial charge in [-0.2, -0.15) is 0 Å². The first kappa shape index (κ1) is 36.6. The van der Waals surface area contributed by atoms with Gasteiger partial charge in [0.2, 0.25) is 0 Å². The second kappa shape index (κ2) is 25.9. The summed E-state index contributed by atoms with van der Waals surface area (Å²) < 4.78 is 0. The normalized spacial score (nSPS) is 10.4. The number of nitrogens with two attached hydrogens (primary N) is 5. The molecule has 12 N–H and O–H groups in total. The molecule has 0 aliphatic rings. The molecule has 10 heteroatoms. The lowest BCUT2D eigenvalue weighted by molar-refractivity contribution is 0.680. The molecule has 0 radical (unpaired) electrons. The molecule has 0 saturated heterocycles. The fourth-order valence-electron chi connectivity index (χ4n) is 3.40. The van der Waals surface area contributed by atoms with Crippen molar-refractivity contribution in [3.8, 4) is 0 Å². The van der Waals surface area contributed by atoms with Crippen molar-refractivity contribution in [2.45, 2.75) is 48.3 Å². The Balaban J connectivity index is 0.000000678. The van der Waals surface area contributed by atoms with E-state index in [4.69, 9.17) is 28.7 Å². The third-order valence-corrected chi connectivity index (χ3v) is 7.02. The van der Waals surface area contributed by atoms with Crippen LogP contribution >= 0.6 is 47.8 Å². The maximum Gasteiger partial charge on any atom is 0.0283 e. The summed E-state index contributed by atoms with van der Waals surface area (Å²) in [5.74, 6) is 0. The Labute approximate surface area is 249 Å². The van der Waals surface area contributed by atoms with E-state index in [1.165, 1.54) is 33.4 Å². The lowest BCUT2D eigenvalue weighted by atomic mass is 10.0. The molecule has 37 heavy (non-hydrogen) atoms. The Hall–Kier alpha value is -0.400. The summed E-state index contributed by atoms with van der Waals surface area (Å²) in [6.45, 7) is 6.72. The topological polar surface area (TPSA) is 154 Å². The fourth-order valence-corrected chi connectivity index (χ4v) is 4.37. The molecule has 2 aromatic carbocycles. The van der Waals surface area contributed by atoms with Gasteiger partial charge in [-0.15, -0.1) is 0 Å². The Kier molecular flexibility index (Phi) is 25.6. The monoisotopic (exact) mass is 707 g/mol. The number of nitrogens with one attached hydrogen (secondary N) is 2. The number of hydrogen-bond donors (Lipinski definition) is 7. The summed E-state index contributed by atoms with van der Waals surface area (Å²) in [5, 5.41) is 9.48. The van der Waals surface area contributed by atoms with E-state index in [1.54, 1.807) is 0 Å². The highest BCUT2D eigenvalue weighted by molar-refractivity contribution is 9.09. The van der Waals surface area contributed by atoms with Crippen LogP contribution in [0, 0.1) is 0 Å². The third kappa shape index (κ3) is 19.3. The zero-order valence-corrected chi connectivity index (χ0v) is 26.8. The molecule has 0 fully saturated rings. The van der Waals surface area contributed by atoms with E-state index >= 15 is 0 Å². The van der Waals surface area contributed by atoms with Crippen LogP contribution in [0.2, 0.25) is 0 Å². The highest BCUT2D eigenvalue weighted by Crippen LogP contribution is 2.17. The maximum atomic E-state index is 5.57. The quantitative estimate of drug-likeness (QED) is 0.104. The number of hydrogen-bond acceptors (Lipinski definition) is 7. The largest absolute Gasteiger partial charge is 0.330 e. The minimum atomic E-state index is 0.597. The average Bonchev–Trinajstić information content (AvgIpc) is 2.93. The van der Waals surface area contributed by atoms with Crippen LogP contribution < -0.4 is 39.3 Å². The van der Waals surface area contributed by atoms with Crippen LogP contribution in [0.25, 0.3) is 0 Å². The maximum absolute atomic E-state index is 5.57. The molecule has 0 aliphatic carbocycles. The molecule has 0 saturated carbocycles. The minimum Gasteiger partial charge on any atom is -0.330 e. The van der Waals surface area contributed by atoms with Gasteiger partial charge in [-0.05, 0) is 59.2 Å². The van der Waals surface area contributed by atoms with Crippen LogP contribution in [-0.2, 0) is 35.5 Å². The molecular formula is C27H48Br3N7. The van der Waals surface area contributed by atoms with Crippen molar-refractivity contribution in [2.24, 2.45) is 28.7 Å². The van der Waals surface area contributed by atoms with E-state index in [0.717, 1.165) is 68.0 Å². The van der Waals surface area contributed by atoms with Crippen molar-refractivity contribution in [3.05, 3.63) is 69.8 Å². The Bertz CT molecular complexity index is 683. The van der Waals surface area contributed by atoms with Gasteiger partial charge in [0.15, 0.2) is 0 Å². The SMILES string of the molecule is BrCc1cc(CBr)cc(CBr)c1.NCCCCc1cc(CNCCN)cc(CNCCN)c1.NCCN. The summed E-state index contributed by atoms with van der Waals surface area (Å²) in [6.07, 6.45) is 3.31. The first-order chi connectivity index (χ1) is 18.0. The zero-order valence-electron chi connectivity index (χ0n) is 22.1. The van der Waals surface area contributed by atoms with Crippen molar-refractivity contribution < 1.29 is 0 Å². The highest BCUT2D eigenvalue weighted by atomic mass is 79.9. The highest BCUT2D eigenvalue weighted by Gasteiger charge is 2.02. The van der Waals surface area contributed by atoms with Gasteiger partial charge in [0, 0.05) is 68.3 Å². The second-order valence-electron chi connectivity index (χ2n) is 8.47. The number of rotatable bonds is 16. The van der Waals surface area contributed by atoms with E-state index in [-0.39, 0.29) is 0 Å². The van der Waals surface area contributed by atoms with E-state index < -0.39 is 0 Å². The number of aryl methyl sites for hydroxylation is 1. The first-order valence-corrected chi connectivity index (χ1v) is 16.2. The summed E-state index contributed by atoms with van der Waals surface area (Å²) in [4.78, 5) is 0. The minimum absolute atomic E-state index is 0.597. The lowest BCUT2D eigenvalue weighted by Crippen LogP contribution is -2.23. The van der Waals surface area contributed by atoms with Crippen molar-refractivity contribution in [3.63, 3.8) is 0 Å². The van der Waals surface area contributed by atoms with Gasteiger partial charge in [-0.3, -0.25) is 0 Å². The molecule has 0 atom stereocenters. The van der Waals surface area contributed by atoms with Crippen LogP contribution in [0.15, 0.2) is 36.4 Å². The molecule has 0 aliphatic heterocycles. The molecule has 0 heterocycles. The Morgan fingerprint density at radius 1 is 0.459 bits per heavy atom. The molecule has 0 aromatic heterocycles. The van der Waals surface area contributed by atoms with Crippen LogP contribution in [0.5, 0.6) is 0 Å². The molecular weight excluding hydrogens is 662 g/mol. The summed E-state index contributed by atoms with van der Waals surface area (Å²) >= 11 is 10.4. The summed E-state index contributed by atoms with van der Waals surface area (Å²) in [6, 6.07) is 13.4. The first-order valence-electron chi connectivity index (χ1n) is 12.8. The number of alkyl halides is 3. The predicted molar refractivity (Wildman–Crippen MR) is 172 cm³/mol. The molecule has 0 spiro atoms. The fraction of sp³-hybridized carbons (Fsp3) is 0.556. The third-order valence-electron chi connectivity index (χ3n) is 5.07. The van der Waals surface area contributed by atoms with Gasteiger partial charge in [-0.1, -0.05) is 84.2 Å². The second-order valence-corrected chi connectivity index (χ2v) is 10.2. The number of benzene rings is 2. The number of halogens is 3. The van der Waals surface area contributed by atoms with Gasteiger partial charge in [-0.25, -0.2) is 0 Å². The molecule has 2 rings (SSSR count). The smallest absolute Gasteiger partial charge is 0.0283 e. The molecule has 212 valence electrons. The van der Waals surface area contributed by atoms with Crippen LogP contribution in [0.4, 0.5) is 0 Å². The van der Waals surface area contributed by atoms with Crippen LogP contribution in [0.3, 0.4) is 0 Å². The predicted octanol–water partition coefficient (Wildman–Crippen LogP) is 3.34. The van der Waals surface area contributed by atoms with E-state index in [0.29, 0.717) is 26.2 Å². The molecule has 0 unspecified atom stereocenters. The molecule has 0 bridgehead atoms. The van der Waals surface area contributed by atoms with Crippen molar-refractivity contribution in [2.75, 3.05) is 45.8 Å². The van der Waals surface area contributed by atoms with Gasteiger partial charge in [0.05, 0.1) is 0 Å². The van der Waals surface area contributed by atoms with Crippen molar-refractivity contribution in [1.29, 1.82) is 0 Å². The average molecular weight is 710 g/mol. The molecule has 7 nitrogen and oxygen atoms in total. The van der Waals surface area contributed by atoms with Gasteiger partial charge in [0.1, 0.15) is 0 Å². The van der Waals surface area contributed by atoms with Crippen LogP contribution in [0.1, 0.15) is 46.2 Å². The van der Waals surface area contributed by atoms with Gasteiger partial charge < -0.3 is 39.3 Å². The summed E-state index contributed by atoms with van der Waals surface area (Å²) in [5.41, 5.74) is 34.4.